The highest BCUT2D eigenvalue weighted by Gasteiger charge is 2.34. The highest BCUT2D eigenvalue weighted by molar-refractivity contribution is 7.94. The second kappa shape index (κ2) is 8.50. The predicted molar refractivity (Wildman–Crippen MR) is 116 cm³/mol. The molecule has 3 aromatic rings. The summed E-state index contributed by atoms with van der Waals surface area (Å²) in [4.78, 5) is 17.3. The molecule has 30 heavy (non-hydrogen) atoms. The molecule has 160 valence electrons. The first-order chi connectivity index (χ1) is 14.5. The van der Waals surface area contributed by atoms with Gasteiger partial charge in [-0.25, -0.2) is 15.0 Å². The molecule has 1 atom stereocenters. The van der Waals surface area contributed by atoms with Crippen molar-refractivity contribution in [2.75, 3.05) is 18.6 Å². The normalized spacial score (nSPS) is 16.5. The predicted octanol–water partition coefficient (Wildman–Crippen LogP) is 2.99. The third-order valence-corrected chi connectivity index (χ3v) is 6.32. The van der Waals surface area contributed by atoms with E-state index < -0.39 is 0 Å². The summed E-state index contributed by atoms with van der Waals surface area (Å²) in [7, 11) is 1.62. The van der Waals surface area contributed by atoms with Crippen molar-refractivity contribution < 1.29 is 14.4 Å². The summed E-state index contributed by atoms with van der Waals surface area (Å²) in [5.74, 6) is 1.92. The van der Waals surface area contributed by atoms with Crippen molar-refractivity contribution in [3.05, 3.63) is 41.0 Å². The zero-order chi connectivity index (χ0) is 21.4. The Kier molecular flexibility index (Phi) is 5.97. The summed E-state index contributed by atoms with van der Waals surface area (Å²) in [5.41, 5.74) is 4.25. The van der Waals surface area contributed by atoms with Gasteiger partial charge in [0.05, 0.1) is 37.4 Å². The summed E-state index contributed by atoms with van der Waals surface area (Å²) in [5, 5.41) is 19.2. The van der Waals surface area contributed by atoms with E-state index >= 15 is 0 Å². The molecule has 1 aromatic carbocycles. The summed E-state index contributed by atoms with van der Waals surface area (Å²) in [6, 6.07) is 4.01. The van der Waals surface area contributed by atoms with Gasteiger partial charge in [-0.2, -0.15) is 0 Å². The molecule has 4 rings (SSSR count). The molecule has 0 radical (unpaired) electrons. The Bertz CT molecular complexity index is 1070. The smallest absolute Gasteiger partial charge is 0.226 e. The minimum Gasteiger partial charge on any atom is -0.392 e. The van der Waals surface area contributed by atoms with Crippen LogP contribution in [0.3, 0.4) is 0 Å². The van der Waals surface area contributed by atoms with E-state index in [1.807, 2.05) is 13.0 Å². The molecule has 8 nitrogen and oxygen atoms in total. The lowest BCUT2D eigenvalue weighted by atomic mass is 10.00. The van der Waals surface area contributed by atoms with Gasteiger partial charge in [0.25, 0.3) is 0 Å². The molecule has 0 spiro atoms. The quantitative estimate of drug-likeness (QED) is 0.578. The Morgan fingerprint density at radius 2 is 1.93 bits per heavy atom. The molecule has 0 aliphatic carbocycles. The molecule has 3 heterocycles. The van der Waals surface area contributed by atoms with E-state index in [9.17, 15) is 10.2 Å². The molecular formula is C21H27N5O3S. The molecule has 0 saturated carbocycles. The van der Waals surface area contributed by atoms with Gasteiger partial charge in [0.2, 0.25) is 5.95 Å². The van der Waals surface area contributed by atoms with Crippen LogP contribution in [0.15, 0.2) is 23.2 Å². The van der Waals surface area contributed by atoms with Crippen LogP contribution in [0.5, 0.6) is 0 Å². The first-order valence-corrected chi connectivity index (χ1v) is 10.8. The molecule has 2 N–H and O–H groups in total. The SMILES string of the molecule is COSc1cc2c(cc1CO)nc1n2CCN(c2ncc(CO)c(C)n2)C1C(C)C. The number of nitrogens with zero attached hydrogens (tertiary/aromatic N) is 5. The van der Waals surface area contributed by atoms with E-state index in [-0.39, 0.29) is 25.2 Å². The van der Waals surface area contributed by atoms with Crippen LogP contribution in [0, 0.1) is 12.8 Å². The first-order valence-electron chi connectivity index (χ1n) is 10.0. The van der Waals surface area contributed by atoms with Gasteiger partial charge in [-0.1, -0.05) is 13.8 Å². The monoisotopic (exact) mass is 429 g/mol. The van der Waals surface area contributed by atoms with E-state index in [0.717, 1.165) is 51.7 Å². The molecular weight excluding hydrogens is 402 g/mol. The van der Waals surface area contributed by atoms with Crippen LogP contribution < -0.4 is 4.90 Å². The van der Waals surface area contributed by atoms with Crippen molar-refractivity contribution in [3.8, 4) is 0 Å². The van der Waals surface area contributed by atoms with Crippen LogP contribution in [0.4, 0.5) is 5.95 Å². The van der Waals surface area contributed by atoms with Gasteiger partial charge >= 0.3 is 0 Å². The van der Waals surface area contributed by atoms with Crippen molar-refractivity contribution in [1.82, 2.24) is 19.5 Å². The van der Waals surface area contributed by atoms with E-state index in [0.29, 0.717) is 5.95 Å². The van der Waals surface area contributed by atoms with Gasteiger partial charge in [0, 0.05) is 47.5 Å². The van der Waals surface area contributed by atoms with Crippen molar-refractivity contribution in [2.45, 2.75) is 51.5 Å². The zero-order valence-electron chi connectivity index (χ0n) is 17.7. The lowest BCUT2D eigenvalue weighted by Crippen LogP contribution is -2.42. The van der Waals surface area contributed by atoms with Gasteiger partial charge in [-0.15, -0.1) is 0 Å². The number of aliphatic hydroxyl groups excluding tert-OH is 2. The topological polar surface area (TPSA) is 96.5 Å². The van der Waals surface area contributed by atoms with Crippen LogP contribution in [-0.4, -0.2) is 43.4 Å². The Morgan fingerprint density at radius 3 is 2.57 bits per heavy atom. The standard InChI is InChI=1S/C21H27N5O3S/c1-12(2)19-20-24-16-7-14(10-27)18(30-29-4)8-17(16)25(20)5-6-26(19)21-22-9-15(11-28)13(3)23-21/h7-9,12,19,27-28H,5-6,10-11H2,1-4H3. The number of fused-ring (bicyclic) bond motifs is 3. The molecule has 0 saturated heterocycles. The summed E-state index contributed by atoms with van der Waals surface area (Å²) in [6.07, 6.45) is 1.70. The van der Waals surface area contributed by atoms with Crippen molar-refractivity contribution in [3.63, 3.8) is 0 Å². The first kappa shape index (κ1) is 21.0. The van der Waals surface area contributed by atoms with Crippen molar-refractivity contribution in [2.24, 2.45) is 5.92 Å². The fourth-order valence-electron chi connectivity index (χ4n) is 4.11. The lowest BCUT2D eigenvalue weighted by molar-refractivity contribution is 0.278. The van der Waals surface area contributed by atoms with E-state index in [1.54, 1.807) is 13.3 Å². The molecule has 1 aliphatic heterocycles. The third-order valence-electron chi connectivity index (χ3n) is 5.60. The number of hydrogen-bond acceptors (Lipinski definition) is 8. The largest absolute Gasteiger partial charge is 0.392 e. The van der Waals surface area contributed by atoms with Crippen LogP contribution in [-0.2, 0) is 23.9 Å². The molecule has 9 heteroatoms. The van der Waals surface area contributed by atoms with Crippen molar-refractivity contribution in [1.29, 1.82) is 0 Å². The molecule has 0 bridgehead atoms. The average molecular weight is 430 g/mol. The number of benzene rings is 1. The number of anilines is 1. The Labute approximate surface area is 180 Å². The highest BCUT2D eigenvalue weighted by atomic mass is 32.2. The van der Waals surface area contributed by atoms with Gasteiger partial charge in [-0.05, 0) is 30.5 Å². The number of rotatable bonds is 6. The van der Waals surface area contributed by atoms with E-state index in [4.69, 9.17) is 9.17 Å². The Morgan fingerprint density at radius 1 is 1.17 bits per heavy atom. The lowest BCUT2D eigenvalue weighted by Gasteiger charge is -2.38. The fourth-order valence-corrected chi connectivity index (χ4v) is 4.68. The minimum atomic E-state index is -0.0650. The molecule has 1 aliphatic rings. The highest BCUT2D eigenvalue weighted by Crippen LogP contribution is 2.38. The second-order valence-corrected chi connectivity index (χ2v) is 8.74. The summed E-state index contributed by atoms with van der Waals surface area (Å²) >= 11 is 1.25. The second-order valence-electron chi connectivity index (χ2n) is 7.80. The zero-order valence-corrected chi connectivity index (χ0v) is 18.5. The fraction of sp³-hybridized carbons (Fsp3) is 0.476. The maximum Gasteiger partial charge on any atom is 0.226 e. The van der Waals surface area contributed by atoms with E-state index in [1.165, 1.54) is 12.0 Å². The van der Waals surface area contributed by atoms with Gasteiger partial charge in [-0.3, -0.25) is 0 Å². The number of aliphatic hydroxyl groups is 2. The maximum absolute atomic E-state index is 9.76. The van der Waals surface area contributed by atoms with Crippen LogP contribution in [0.2, 0.25) is 0 Å². The average Bonchev–Trinajstić information content (AvgIpc) is 3.09. The molecule has 2 aromatic heterocycles. The van der Waals surface area contributed by atoms with Crippen LogP contribution >= 0.6 is 12.0 Å². The minimum absolute atomic E-state index is 0.0154. The van der Waals surface area contributed by atoms with Crippen LogP contribution in [0.1, 0.15) is 42.5 Å². The Balaban J connectivity index is 1.81. The van der Waals surface area contributed by atoms with Gasteiger partial charge in [0.1, 0.15) is 5.82 Å². The molecule has 0 fully saturated rings. The number of aromatic nitrogens is 4. The summed E-state index contributed by atoms with van der Waals surface area (Å²) in [6.45, 7) is 7.63. The molecule has 0 amide bonds. The van der Waals surface area contributed by atoms with E-state index in [2.05, 4.69) is 39.3 Å². The number of hydrogen-bond donors (Lipinski definition) is 2. The molecule has 1 unspecified atom stereocenters. The van der Waals surface area contributed by atoms with Crippen molar-refractivity contribution >= 4 is 29.0 Å². The number of imidazole rings is 1. The summed E-state index contributed by atoms with van der Waals surface area (Å²) < 4.78 is 7.49. The third kappa shape index (κ3) is 3.56. The van der Waals surface area contributed by atoms with Crippen LogP contribution in [0.25, 0.3) is 11.0 Å². The van der Waals surface area contributed by atoms with Gasteiger partial charge < -0.3 is 23.9 Å². The van der Waals surface area contributed by atoms with Gasteiger partial charge in [0.15, 0.2) is 0 Å². The number of aryl methyl sites for hydroxylation is 1. The Hall–Kier alpha value is -2.20. The maximum atomic E-state index is 9.76.